The Kier molecular flexibility index (Phi) is 6.17. The second-order valence-electron chi connectivity index (χ2n) is 7.81. The Bertz CT molecular complexity index is 863. The van der Waals surface area contributed by atoms with Crippen molar-refractivity contribution in [3.05, 3.63) is 34.9 Å². The van der Waals surface area contributed by atoms with E-state index in [-0.39, 0.29) is 24.2 Å². The van der Waals surface area contributed by atoms with Gasteiger partial charge in [0.1, 0.15) is 11.5 Å². The van der Waals surface area contributed by atoms with Crippen LogP contribution in [-0.4, -0.2) is 49.4 Å². The molecule has 1 aromatic rings. The zero-order valence-corrected chi connectivity index (χ0v) is 17.4. The molecule has 1 saturated carbocycles. The number of hydrogen-bond donors (Lipinski definition) is 1. The van der Waals surface area contributed by atoms with Gasteiger partial charge in [0, 0.05) is 18.7 Å². The number of methoxy groups -OCH3 is 1. The fourth-order valence-corrected chi connectivity index (χ4v) is 4.24. The highest BCUT2D eigenvalue weighted by molar-refractivity contribution is 6.18. The number of ketones is 1. The molecule has 3 atom stereocenters. The smallest absolute Gasteiger partial charge is 0.434 e. The van der Waals surface area contributed by atoms with Gasteiger partial charge in [0.25, 0.3) is 0 Å². The molecule has 1 fully saturated rings. The Morgan fingerprint density at radius 3 is 2.79 bits per heavy atom. The lowest BCUT2D eigenvalue weighted by Crippen LogP contribution is -2.44. The van der Waals surface area contributed by atoms with Gasteiger partial charge in [0.05, 0.1) is 13.2 Å². The summed E-state index contributed by atoms with van der Waals surface area (Å²) < 4.78 is 15.6. The minimum absolute atomic E-state index is 0.0842. The van der Waals surface area contributed by atoms with E-state index in [0.717, 1.165) is 16.7 Å². The zero-order chi connectivity index (χ0) is 21.2. The third-order valence-corrected chi connectivity index (χ3v) is 5.74. The van der Waals surface area contributed by atoms with E-state index in [9.17, 15) is 9.59 Å². The van der Waals surface area contributed by atoms with Gasteiger partial charge >= 0.3 is 6.16 Å². The molecule has 0 amide bonds. The van der Waals surface area contributed by atoms with Gasteiger partial charge in [-0.1, -0.05) is 23.8 Å². The van der Waals surface area contributed by atoms with E-state index in [1.54, 1.807) is 14.0 Å². The summed E-state index contributed by atoms with van der Waals surface area (Å²) in [5, 5.41) is 8.21. The Labute approximate surface area is 171 Å². The van der Waals surface area contributed by atoms with E-state index < -0.39 is 17.6 Å². The molecule has 2 aliphatic rings. The molecule has 3 rings (SSSR count). The summed E-state index contributed by atoms with van der Waals surface area (Å²) in [5.41, 5.74) is 2.30. The number of ether oxygens (including phenoxy) is 3. The summed E-state index contributed by atoms with van der Waals surface area (Å²) in [6.07, 6.45) is 0.427. The van der Waals surface area contributed by atoms with Crippen LogP contribution < -0.4 is 0 Å². The largest absolute Gasteiger partial charge is 0.514 e. The van der Waals surface area contributed by atoms with Crippen LogP contribution in [0, 0.1) is 25.2 Å². The van der Waals surface area contributed by atoms with Crippen LogP contribution in [-0.2, 0) is 19.0 Å². The first-order valence-corrected chi connectivity index (χ1v) is 9.93. The lowest BCUT2D eigenvalue weighted by Gasteiger charge is -2.35. The first-order valence-electron chi connectivity index (χ1n) is 9.93. The van der Waals surface area contributed by atoms with Gasteiger partial charge in [0.2, 0.25) is 5.90 Å². The second-order valence-corrected chi connectivity index (χ2v) is 7.81. The van der Waals surface area contributed by atoms with Crippen LogP contribution in [0.4, 0.5) is 4.79 Å². The molecule has 1 spiro atoms. The Balaban J connectivity index is 2.02. The SMILES string of the molecule is CCOC(=O)OC1=NC2(CCC(=N)C(COC)C2)C(=O)C1c1cc(C)ccc1C. The molecular weight excluding hydrogens is 372 g/mol. The molecule has 7 nitrogen and oxygen atoms in total. The van der Waals surface area contributed by atoms with Crippen LogP contribution in [0.25, 0.3) is 0 Å². The first-order chi connectivity index (χ1) is 13.8. The van der Waals surface area contributed by atoms with E-state index in [1.807, 2.05) is 32.0 Å². The van der Waals surface area contributed by atoms with E-state index in [1.165, 1.54) is 0 Å². The third-order valence-electron chi connectivity index (χ3n) is 5.74. The predicted octanol–water partition coefficient (Wildman–Crippen LogP) is 3.75. The van der Waals surface area contributed by atoms with Crippen molar-refractivity contribution >= 4 is 23.5 Å². The average molecular weight is 400 g/mol. The second kappa shape index (κ2) is 8.45. The molecule has 1 aliphatic heterocycles. The van der Waals surface area contributed by atoms with Crippen molar-refractivity contribution in [1.29, 1.82) is 5.41 Å². The van der Waals surface area contributed by atoms with Crippen molar-refractivity contribution in [1.82, 2.24) is 0 Å². The van der Waals surface area contributed by atoms with Crippen LogP contribution >= 0.6 is 0 Å². The lowest BCUT2D eigenvalue weighted by atomic mass is 9.71. The highest BCUT2D eigenvalue weighted by Crippen LogP contribution is 2.44. The number of aryl methyl sites for hydroxylation is 2. The Morgan fingerprint density at radius 2 is 2.10 bits per heavy atom. The van der Waals surface area contributed by atoms with E-state index in [2.05, 4.69) is 4.99 Å². The fourth-order valence-electron chi connectivity index (χ4n) is 4.24. The van der Waals surface area contributed by atoms with Crippen molar-refractivity contribution in [2.75, 3.05) is 20.3 Å². The summed E-state index contributed by atoms with van der Waals surface area (Å²) in [7, 11) is 1.59. The number of nitrogens with zero attached hydrogens (tertiary/aromatic N) is 1. The standard InChI is InChI=1S/C22H28N2O5/c1-5-28-21(26)29-20-18(16-10-13(2)6-7-14(16)3)19(25)22(24-20)9-8-17(23)15(11-22)12-27-4/h6-7,10,15,18,23H,5,8-9,11-12H2,1-4H3. The van der Waals surface area contributed by atoms with Gasteiger partial charge in [-0.15, -0.1) is 0 Å². The number of carbonyl (C=O) groups is 2. The molecule has 7 heteroatoms. The fraction of sp³-hybridized carbons (Fsp3) is 0.545. The van der Waals surface area contributed by atoms with Gasteiger partial charge < -0.3 is 19.6 Å². The molecule has 1 aliphatic carbocycles. The maximum Gasteiger partial charge on any atom is 0.514 e. The maximum atomic E-state index is 13.7. The highest BCUT2D eigenvalue weighted by Gasteiger charge is 2.54. The number of carbonyl (C=O) groups excluding carboxylic acids is 2. The summed E-state index contributed by atoms with van der Waals surface area (Å²) in [5.74, 6) is -0.928. The molecule has 0 radical (unpaired) electrons. The van der Waals surface area contributed by atoms with Crippen molar-refractivity contribution < 1.29 is 23.8 Å². The van der Waals surface area contributed by atoms with Crippen molar-refractivity contribution in [2.45, 2.75) is 51.5 Å². The van der Waals surface area contributed by atoms with Crippen LogP contribution in [0.2, 0.25) is 0 Å². The summed E-state index contributed by atoms with van der Waals surface area (Å²) in [6, 6.07) is 5.88. The average Bonchev–Trinajstić information content (AvgIpc) is 2.92. The van der Waals surface area contributed by atoms with Crippen LogP contribution in [0.15, 0.2) is 23.2 Å². The van der Waals surface area contributed by atoms with Crippen LogP contribution in [0.5, 0.6) is 0 Å². The summed E-state index contributed by atoms with van der Waals surface area (Å²) >= 11 is 0. The molecule has 156 valence electrons. The number of rotatable bonds is 4. The number of Topliss-reactive ketones (excluding diaryl/α,β-unsaturated/α-hetero) is 1. The maximum absolute atomic E-state index is 13.7. The molecule has 3 unspecified atom stereocenters. The molecule has 0 aromatic heterocycles. The van der Waals surface area contributed by atoms with Gasteiger partial charge in [0.15, 0.2) is 5.78 Å². The molecular formula is C22H28N2O5. The summed E-state index contributed by atoms with van der Waals surface area (Å²) in [6.45, 7) is 6.11. The first kappa shape index (κ1) is 21.2. The molecule has 29 heavy (non-hydrogen) atoms. The normalized spacial score (nSPS) is 26.6. The monoisotopic (exact) mass is 400 g/mol. The quantitative estimate of drug-likeness (QED) is 0.776. The van der Waals surface area contributed by atoms with Crippen molar-refractivity contribution in [2.24, 2.45) is 10.9 Å². The van der Waals surface area contributed by atoms with Gasteiger partial charge in [-0.2, -0.15) is 0 Å². The van der Waals surface area contributed by atoms with Crippen LogP contribution in [0.1, 0.15) is 48.8 Å². The number of aliphatic imine (C=N–C) groups is 1. The zero-order valence-electron chi connectivity index (χ0n) is 17.4. The topological polar surface area (TPSA) is 98.0 Å². The lowest BCUT2D eigenvalue weighted by molar-refractivity contribution is -0.124. The van der Waals surface area contributed by atoms with E-state index >= 15 is 0 Å². The van der Waals surface area contributed by atoms with Crippen LogP contribution in [0.3, 0.4) is 0 Å². The third kappa shape index (κ3) is 4.10. The van der Waals surface area contributed by atoms with Gasteiger partial charge in [-0.3, -0.25) is 4.79 Å². The van der Waals surface area contributed by atoms with Crippen molar-refractivity contribution in [3.63, 3.8) is 0 Å². The molecule has 1 N–H and O–H groups in total. The van der Waals surface area contributed by atoms with Crippen molar-refractivity contribution in [3.8, 4) is 0 Å². The molecule has 0 saturated heterocycles. The number of nitrogens with one attached hydrogen (secondary N) is 1. The van der Waals surface area contributed by atoms with Gasteiger partial charge in [-0.05, 0) is 51.2 Å². The minimum Gasteiger partial charge on any atom is -0.434 e. The molecule has 1 heterocycles. The highest BCUT2D eigenvalue weighted by atomic mass is 16.7. The predicted molar refractivity (Wildman–Crippen MR) is 109 cm³/mol. The van der Waals surface area contributed by atoms with E-state index in [4.69, 9.17) is 19.6 Å². The number of hydrogen-bond acceptors (Lipinski definition) is 7. The van der Waals surface area contributed by atoms with Gasteiger partial charge in [-0.25, -0.2) is 9.79 Å². The summed E-state index contributed by atoms with van der Waals surface area (Å²) in [4.78, 5) is 30.4. The Hall–Kier alpha value is -2.54. The number of benzene rings is 1. The minimum atomic E-state index is -1.00. The molecule has 1 aromatic carbocycles. The van der Waals surface area contributed by atoms with E-state index in [0.29, 0.717) is 31.6 Å². The molecule has 0 bridgehead atoms. The Morgan fingerprint density at radius 1 is 1.34 bits per heavy atom.